The van der Waals surface area contributed by atoms with Crippen molar-refractivity contribution in [2.45, 2.75) is 64.4 Å². The summed E-state index contributed by atoms with van der Waals surface area (Å²) in [6.07, 6.45) is 4.33. The molecule has 2 aliphatic heterocycles. The second kappa shape index (κ2) is 11.2. The van der Waals surface area contributed by atoms with Gasteiger partial charge in [-0.05, 0) is 48.9 Å². The topological polar surface area (TPSA) is 60.0 Å². The van der Waals surface area contributed by atoms with Crippen LogP contribution in [0.2, 0.25) is 0 Å². The van der Waals surface area contributed by atoms with E-state index in [-0.39, 0.29) is 23.5 Å². The highest BCUT2D eigenvalue weighted by atomic mass is 16.5. The second-order valence-electron chi connectivity index (χ2n) is 9.90. The van der Waals surface area contributed by atoms with Crippen LogP contribution >= 0.6 is 0 Å². The Kier molecular flexibility index (Phi) is 8.11. The summed E-state index contributed by atoms with van der Waals surface area (Å²) in [5.41, 5.74) is 2.34. The van der Waals surface area contributed by atoms with E-state index in [1.54, 1.807) is 7.11 Å². The van der Waals surface area contributed by atoms with Gasteiger partial charge in [0.2, 0.25) is 5.91 Å². The van der Waals surface area contributed by atoms with E-state index in [0.717, 1.165) is 62.4 Å². The van der Waals surface area contributed by atoms with Gasteiger partial charge in [-0.25, -0.2) is 0 Å². The summed E-state index contributed by atoms with van der Waals surface area (Å²) >= 11 is 0. The molecule has 6 nitrogen and oxygen atoms in total. The van der Waals surface area contributed by atoms with Crippen molar-refractivity contribution in [2.24, 2.45) is 5.92 Å². The van der Waals surface area contributed by atoms with E-state index in [9.17, 15) is 4.79 Å². The highest BCUT2D eigenvalue weighted by Crippen LogP contribution is 2.39. The van der Waals surface area contributed by atoms with Gasteiger partial charge in [0.05, 0.1) is 18.8 Å². The lowest BCUT2D eigenvalue weighted by molar-refractivity contribution is -0.125. The molecule has 0 aliphatic carbocycles. The molecule has 2 heterocycles. The van der Waals surface area contributed by atoms with E-state index in [1.165, 1.54) is 5.56 Å². The molecule has 0 saturated carbocycles. The fourth-order valence-corrected chi connectivity index (χ4v) is 4.87. The Morgan fingerprint density at radius 3 is 2.56 bits per heavy atom. The van der Waals surface area contributed by atoms with Gasteiger partial charge in [-0.3, -0.25) is 9.69 Å². The predicted octanol–water partition coefficient (Wildman–Crippen LogP) is 4.56. The van der Waals surface area contributed by atoms with E-state index >= 15 is 0 Å². The number of piperidine rings is 1. The Morgan fingerprint density at radius 2 is 1.85 bits per heavy atom. The molecule has 34 heavy (non-hydrogen) atoms. The highest BCUT2D eigenvalue weighted by molar-refractivity contribution is 5.77. The molecule has 0 bridgehead atoms. The zero-order chi connectivity index (χ0) is 24.0. The van der Waals surface area contributed by atoms with Crippen molar-refractivity contribution in [1.29, 1.82) is 0 Å². The fraction of sp³-hybridized carbons (Fsp3) is 0.536. The summed E-state index contributed by atoms with van der Waals surface area (Å²) in [5.74, 6) is 1.66. The van der Waals surface area contributed by atoms with Crippen molar-refractivity contribution in [2.75, 3.05) is 26.7 Å². The van der Waals surface area contributed by atoms with Crippen LogP contribution in [0.15, 0.2) is 48.5 Å². The standard InChI is InChI=1S/C28H38N2O4/c1-21(2)27(31)29-18-24-11-12-28(34-24)13-15-30(16-14-28)19-23-9-10-25(26(17-23)32-3)33-20-22-7-5-4-6-8-22/h4-10,17,21,24H,11-16,18-20H2,1-3H3,(H,29,31)/t24-/m0/s1. The largest absolute Gasteiger partial charge is 0.493 e. The van der Waals surface area contributed by atoms with Crippen LogP contribution in [0.4, 0.5) is 0 Å². The minimum Gasteiger partial charge on any atom is -0.493 e. The van der Waals surface area contributed by atoms with Crippen LogP contribution < -0.4 is 14.8 Å². The summed E-state index contributed by atoms with van der Waals surface area (Å²) in [4.78, 5) is 14.3. The third-order valence-electron chi connectivity index (χ3n) is 7.01. The second-order valence-corrected chi connectivity index (χ2v) is 9.90. The van der Waals surface area contributed by atoms with Gasteiger partial charge in [0, 0.05) is 32.1 Å². The number of hydrogen-bond donors (Lipinski definition) is 1. The Balaban J connectivity index is 1.26. The molecule has 1 atom stereocenters. The third-order valence-corrected chi connectivity index (χ3v) is 7.01. The molecule has 6 heteroatoms. The lowest BCUT2D eigenvalue weighted by Crippen LogP contribution is -2.45. The first-order valence-electron chi connectivity index (χ1n) is 12.5. The third kappa shape index (κ3) is 6.30. The molecule has 2 aromatic rings. The van der Waals surface area contributed by atoms with E-state index in [1.807, 2.05) is 38.1 Å². The molecule has 2 saturated heterocycles. The van der Waals surface area contributed by atoms with Crippen molar-refractivity contribution < 1.29 is 19.0 Å². The zero-order valence-corrected chi connectivity index (χ0v) is 20.7. The summed E-state index contributed by atoms with van der Waals surface area (Å²) in [6.45, 7) is 7.90. The number of nitrogens with zero attached hydrogens (tertiary/aromatic N) is 1. The first-order valence-corrected chi connectivity index (χ1v) is 12.5. The lowest BCUT2D eigenvalue weighted by Gasteiger charge is -2.39. The van der Waals surface area contributed by atoms with E-state index < -0.39 is 0 Å². The van der Waals surface area contributed by atoms with E-state index in [2.05, 4.69) is 34.5 Å². The normalized spacial score (nSPS) is 19.9. The summed E-state index contributed by atoms with van der Waals surface area (Å²) in [5, 5.41) is 3.02. The van der Waals surface area contributed by atoms with Gasteiger partial charge >= 0.3 is 0 Å². The molecule has 2 aromatic carbocycles. The Hall–Kier alpha value is -2.57. The molecule has 184 valence electrons. The minimum atomic E-state index is -0.0173. The predicted molar refractivity (Wildman–Crippen MR) is 133 cm³/mol. The van der Waals surface area contributed by atoms with Crippen molar-refractivity contribution in [3.63, 3.8) is 0 Å². The fourth-order valence-electron chi connectivity index (χ4n) is 4.87. The average molecular weight is 467 g/mol. The first kappa shape index (κ1) is 24.6. The summed E-state index contributed by atoms with van der Waals surface area (Å²) in [7, 11) is 1.69. The molecule has 2 aliphatic rings. The number of carbonyl (C=O) groups excluding carboxylic acids is 1. The van der Waals surface area contributed by atoms with Crippen molar-refractivity contribution in [3.05, 3.63) is 59.7 Å². The van der Waals surface area contributed by atoms with Crippen LogP contribution in [-0.2, 0) is 22.7 Å². The van der Waals surface area contributed by atoms with Crippen LogP contribution in [0, 0.1) is 5.92 Å². The SMILES string of the molecule is COc1cc(CN2CCC3(CC[C@@H](CNC(=O)C(C)C)O3)CC2)ccc1OCc1ccccc1. The van der Waals surface area contributed by atoms with Crippen LogP contribution in [0.3, 0.4) is 0 Å². The van der Waals surface area contributed by atoms with E-state index in [0.29, 0.717) is 13.2 Å². The number of methoxy groups -OCH3 is 1. The Bertz CT molecular complexity index is 939. The molecule has 1 N–H and O–H groups in total. The molecule has 4 rings (SSSR count). The minimum absolute atomic E-state index is 0.0155. The maximum atomic E-state index is 11.9. The maximum Gasteiger partial charge on any atom is 0.222 e. The van der Waals surface area contributed by atoms with Crippen molar-refractivity contribution in [1.82, 2.24) is 10.2 Å². The van der Waals surface area contributed by atoms with Crippen molar-refractivity contribution >= 4 is 5.91 Å². The number of rotatable bonds is 9. The monoisotopic (exact) mass is 466 g/mol. The smallest absolute Gasteiger partial charge is 0.222 e. The van der Waals surface area contributed by atoms with Crippen LogP contribution in [0.25, 0.3) is 0 Å². The van der Waals surface area contributed by atoms with Gasteiger partial charge in [0.15, 0.2) is 11.5 Å². The number of hydrogen-bond acceptors (Lipinski definition) is 5. The number of nitrogens with one attached hydrogen (secondary N) is 1. The Morgan fingerprint density at radius 1 is 1.09 bits per heavy atom. The number of benzene rings is 2. The maximum absolute atomic E-state index is 11.9. The van der Waals surface area contributed by atoms with Gasteiger partial charge in [-0.1, -0.05) is 50.2 Å². The lowest BCUT2D eigenvalue weighted by atomic mass is 9.88. The van der Waals surface area contributed by atoms with Gasteiger partial charge < -0.3 is 19.5 Å². The number of amides is 1. The molecule has 0 aromatic heterocycles. The molecule has 1 spiro atoms. The highest BCUT2D eigenvalue weighted by Gasteiger charge is 2.42. The first-order chi connectivity index (χ1) is 16.5. The molecule has 1 amide bonds. The Labute approximate surface area is 203 Å². The van der Waals surface area contributed by atoms with Crippen LogP contribution in [0.1, 0.15) is 50.7 Å². The molecular formula is C28H38N2O4. The summed E-state index contributed by atoms with van der Waals surface area (Å²) in [6, 6.07) is 16.4. The summed E-state index contributed by atoms with van der Waals surface area (Å²) < 4.78 is 18.1. The molecule has 0 unspecified atom stereocenters. The quantitative estimate of drug-likeness (QED) is 0.587. The number of likely N-dealkylation sites (tertiary alicyclic amines) is 1. The number of carbonyl (C=O) groups is 1. The van der Waals surface area contributed by atoms with Crippen molar-refractivity contribution in [3.8, 4) is 11.5 Å². The van der Waals surface area contributed by atoms with Crippen LogP contribution in [-0.4, -0.2) is 49.3 Å². The zero-order valence-electron chi connectivity index (χ0n) is 20.7. The number of ether oxygens (including phenoxy) is 3. The molecule has 0 radical (unpaired) electrons. The van der Waals surface area contributed by atoms with Gasteiger partial charge in [0.25, 0.3) is 0 Å². The van der Waals surface area contributed by atoms with Gasteiger partial charge in [-0.2, -0.15) is 0 Å². The van der Waals surface area contributed by atoms with Gasteiger partial charge in [0.1, 0.15) is 6.61 Å². The molecular weight excluding hydrogens is 428 g/mol. The van der Waals surface area contributed by atoms with Gasteiger partial charge in [-0.15, -0.1) is 0 Å². The average Bonchev–Trinajstić information content (AvgIpc) is 3.26. The van der Waals surface area contributed by atoms with E-state index in [4.69, 9.17) is 14.2 Å². The van der Waals surface area contributed by atoms with Crippen LogP contribution in [0.5, 0.6) is 11.5 Å². The molecule has 2 fully saturated rings.